The van der Waals surface area contributed by atoms with Gasteiger partial charge in [-0.3, -0.25) is 9.69 Å². The predicted octanol–water partition coefficient (Wildman–Crippen LogP) is 3.59. The van der Waals surface area contributed by atoms with Crippen LogP contribution in [0, 0.1) is 0 Å². The van der Waals surface area contributed by atoms with Gasteiger partial charge in [-0.05, 0) is 30.5 Å². The number of para-hydroxylation sites is 1. The molecule has 0 bridgehead atoms. The molecule has 7 heteroatoms. The maximum Gasteiger partial charge on any atom is 0.421 e. The third kappa shape index (κ3) is 4.31. The third-order valence-electron chi connectivity index (χ3n) is 4.57. The minimum Gasteiger partial charge on any atom is -0.452 e. The molecular weight excluding hydrogens is 360 g/mol. The molecule has 7 nitrogen and oxygen atoms in total. The number of imide groups is 1. The van der Waals surface area contributed by atoms with E-state index < -0.39 is 24.1 Å². The number of ether oxygens (including phenoxy) is 2. The van der Waals surface area contributed by atoms with Gasteiger partial charge in [0.15, 0.2) is 0 Å². The zero-order chi connectivity index (χ0) is 19.9. The Kier molecular flexibility index (Phi) is 6.26. The summed E-state index contributed by atoms with van der Waals surface area (Å²) in [6.07, 6.45) is -0.251. The topological polar surface area (TPSA) is 76.2 Å². The zero-order valence-corrected chi connectivity index (χ0v) is 15.6. The highest BCUT2D eigenvalue weighted by Crippen LogP contribution is 2.24. The quantitative estimate of drug-likeness (QED) is 0.808. The highest BCUT2D eigenvalue weighted by molar-refractivity contribution is 6.14. The van der Waals surface area contributed by atoms with Crippen molar-refractivity contribution < 1.29 is 23.9 Å². The maximum atomic E-state index is 13.1. The van der Waals surface area contributed by atoms with Gasteiger partial charge < -0.3 is 9.47 Å². The first-order valence-electron chi connectivity index (χ1n) is 9.06. The van der Waals surface area contributed by atoms with Gasteiger partial charge in [-0.1, -0.05) is 48.5 Å². The monoisotopic (exact) mass is 382 g/mol. The highest BCUT2D eigenvalue weighted by atomic mass is 16.6. The van der Waals surface area contributed by atoms with Crippen molar-refractivity contribution in [1.82, 2.24) is 4.90 Å². The van der Waals surface area contributed by atoms with Crippen LogP contribution in [-0.2, 0) is 20.9 Å². The lowest BCUT2D eigenvalue weighted by Crippen LogP contribution is -2.50. The summed E-state index contributed by atoms with van der Waals surface area (Å²) in [5.74, 6) is -0.507. The number of likely N-dealkylation sites (tertiary alicyclic amines) is 1. The number of anilines is 1. The molecule has 0 spiro atoms. The van der Waals surface area contributed by atoms with Crippen LogP contribution in [0.15, 0.2) is 60.7 Å². The van der Waals surface area contributed by atoms with Gasteiger partial charge in [0.05, 0.1) is 12.8 Å². The van der Waals surface area contributed by atoms with Crippen molar-refractivity contribution in [3.63, 3.8) is 0 Å². The van der Waals surface area contributed by atoms with Gasteiger partial charge in [0, 0.05) is 6.54 Å². The molecule has 146 valence electrons. The van der Waals surface area contributed by atoms with Crippen molar-refractivity contribution in [1.29, 1.82) is 0 Å². The van der Waals surface area contributed by atoms with Crippen molar-refractivity contribution in [2.75, 3.05) is 18.6 Å². The molecule has 0 aromatic heterocycles. The summed E-state index contributed by atoms with van der Waals surface area (Å²) in [6.45, 7) is 0.518. The van der Waals surface area contributed by atoms with Crippen LogP contribution in [0.5, 0.6) is 0 Å². The second-order valence-electron chi connectivity index (χ2n) is 6.37. The summed E-state index contributed by atoms with van der Waals surface area (Å²) >= 11 is 0. The molecule has 3 rings (SSSR count). The van der Waals surface area contributed by atoms with Gasteiger partial charge in [-0.2, -0.15) is 0 Å². The molecule has 0 aliphatic carbocycles. The van der Waals surface area contributed by atoms with Crippen molar-refractivity contribution in [2.45, 2.75) is 25.5 Å². The Balaban J connectivity index is 1.73. The molecule has 0 N–H and O–H groups in total. The van der Waals surface area contributed by atoms with Crippen molar-refractivity contribution >= 4 is 23.8 Å². The SMILES string of the molecule is COC(=O)N(C(=O)C1CCCN1C(=O)OCc1ccccc1)c1ccccc1. The van der Waals surface area contributed by atoms with Crippen LogP contribution in [0.4, 0.5) is 15.3 Å². The first-order chi connectivity index (χ1) is 13.6. The third-order valence-corrected chi connectivity index (χ3v) is 4.57. The first-order valence-corrected chi connectivity index (χ1v) is 9.06. The standard InChI is InChI=1S/C21H22N2O5/c1-27-21(26)23(17-11-6-3-7-12-17)19(24)18-13-8-14-22(18)20(25)28-15-16-9-4-2-5-10-16/h2-7,9-12,18H,8,13-15H2,1H3. The van der Waals surface area contributed by atoms with E-state index >= 15 is 0 Å². The number of hydrogen-bond acceptors (Lipinski definition) is 5. The second-order valence-corrected chi connectivity index (χ2v) is 6.37. The first kappa shape index (κ1) is 19.4. The lowest BCUT2D eigenvalue weighted by atomic mass is 10.2. The number of methoxy groups -OCH3 is 1. The number of rotatable bonds is 4. The van der Waals surface area contributed by atoms with Gasteiger partial charge in [0.25, 0.3) is 5.91 Å². The largest absolute Gasteiger partial charge is 0.452 e. The summed E-state index contributed by atoms with van der Waals surface area (Å²) in [5.41, 5.74) is 1.25. The van der Waals surface area contributed by atoms with Crippen molar-refractivity contribution in [3.05, 3.63) is 66.2 Å². The van der Waals surface area contributed by atoms with Gasteiger partial charge >= 0.3 is 12.2 Å². The van der Waals surface area contributed by atoms with E-state index in [1.54, 1.807) is 30.3 Å². The molecule has 2 aromatic rings. The Morgan fingerprint density at radius 2 is 1.68 bits per heavy atom. The molecule has 3 amide bonds. The number of carbonyl (C=O) groups is 3. The van der Waals surface area contributed by atoms with Crippen LogP contribution in [0.25, 0.3) is 0 Å². The van der Waals surface area contributed by atoms with Crippen molar-refractivity contribution in [2.24, 2.45) is 0 Å². The molecule has 0 radical (unpaired) electrons. The smallest absolute Gasteiger partial charge is 0.421 e. The number of nitrogens with zero attached hydrogens (tertiary/aromatic N) is 2. The molecule has 28 heavy (non-hydrogen) atoms. The van der Waals surface area contributed by atoms with E-state index in [0.717, 1.165) is 10.5 Å². The Bertz CT molecular complexity index is 825. The number of hydrogen-bond donors (Lipinski definition) is 0. The molecule has 1 unspecified atom stereocenters. The molecule has 2 aromatic carbocycles. The van der Waals surface area contributed by atoms with E-state index in [2.05, 4.69) is 0 Å². The fourth-order valence-electron chi connectivity index (χ4n) is 3.18. The average molecular weight is 382 g/mol. The van der Waals surface area contributed by atoms with Crippen LogP contribution >= 0.6 is 0 Å². The number of amides is 3. The van der Waals surface area contributed by atoms with Crippen LogP contribution in [0.3, 0.4) is 0 Å². The van der Waals surface area contributed by atoms with Crippen LogP contribution in [-0.4, -0.2) is 42.7 Å². The Morgan fingerprint density at radius 3 is 2.32 bits per heavy atom. The molecule has 1 atom stereocenters. The van der Waals surface area contributed by atoms with Crippen LogP contribution < -0.4 is 4.90 Å². The fraction of sp³-hybridized carbons (Fsp3) is 0.286. The molecule has 0 saturated carbocycles. The van der Waals surface area contributed by atoms with Gasteiger partial charge in [0.1, 0.15) is 12.6 Å². The second kappa shape index (κ2) is 9.03. The summed E-state index contributed by atoms with van der Waals surface area (Å²) < 4.78 is 10.1. The highest BCUT2D eigenvalue weighted by Gasteiger charge is 2.40. The van der Waals surface area contributed by atoms with E-state index in [9.17, 15) is 14.4 Å². The number of carbonyl (C=O) groups excluding carboxylic acids is 3. The molecule has 1 aliphatic heterocycles. The summed E-state index contributed by atoms with van der Waals surface area (Å²) in [4.78, 5) is 40.3. The Labute approximate surface area is 163 Å². The molecular formula is C21H22N2O5. The molecule has 1 aliphatic rings. The van der Waals surface area contributed by atoms with Gasteiger partial charge in [0.2, 0.25) is 0 Å². The molecule has 1 saturated heterocycles. The lowest BCUT2D eigenvalue weighted by molar-refractivity contribution is -0.122. The Morgan fingerprint density at radius 1 is 1.04 bits per heavy atom. The minimum absolute atomic E-state index is 0.122. The minimum atomic E-state index is -0.791. The summed E-state index contributed by atoms with van der Waals surface area (Å²) in [6, 6.07) is 17.0. The van der Waals surface area contributed by atoms with Gasteiger partial charge in [-0.25, -0.2) is 14.5 Å². The number of benzene rings is 2. The van der Waals surface area contributed by atoms with Crippen LogP contribution in [0.1, 0.15) is 18.4 Å². The molecule has 1 fully saturated rings. The van der Waals surface area contributed by atoms with Crippen LogP contribution in [0.2, 0.25) is 0 Å². The van der Waals surface area contributed by atoms with E-state index in [4.69, 9.17) is 9.47 Å². The maximum absolute atomic E-state index is 13.1. The Hall–Kier alpha value is -3.35. The van der Waals surface area contributed by atoms with E-state index in [0.29, 0.717) is 25.1 Å². The van der Waals surface area contributed by atoms with E-state index in [1.165, 1.54) is 12.0 Å². The lowest BCUT2D eigenvalue weighted by Gasteiger charge is -2.28. The van der Waals surface area contributed by atoms with Crippen molar-refractivity contribution in [3.8, 4) is 0 Å². The predicted molar refractivity (Wildman–Crippen MR) is 103 cm³/mol. The zero-order valence-electron chi connectivity index (χ0n) is 15.6. The molecule has 1 heterocycles. The summed E-state index contributed by atoms with van der Waals surface area (Å²) in [5, 5.41) is 0. The summed E-state index contributed by atoms with van der Waals surface area (Å²) in [7, 11) is 1.21. The fourth-order valence-corrected chi connectivity index (χ4v) is 3.18. The normalized spacial score (nSPS) is 15.8. The van der Waals surface area contributed by atoms with E-state index in [-0.39, 0.29) is 6.61 Å². The average Bonchev–Trinajstić information content (AvgIpc) is 3.23. The van der Waals surface area contributed by atoms with E-state index in [1.807, 2.05) is 30.3 Å². The van der Waals surface area contributed by atoms with Gasteiger partial charge in [-0.15, -0.1) is 0 Å².